The maximum Gasteiger partial charge on any atom is 0.267 e. The molecule has 156 valence electrons. The van der Waals surface area contributed by atoms with Crippen LogP contribution < -0.4 is 10.9 Å². The Balaban J connectivity index is 1.53. The molecule has 3 aromatic heterocycles. The van der Waals surface area contributed by atoms with Crippen LogP contribution >= 0.6 is 0 Å². The first-order valence-electron chi connectivity index (χ1n) is 10.5. The van der Waals surface area contributed by atoms with Crippen LogP contribution in [0.1, 0.15) is 43.0 Å². The van der Waals surface area contributed by atoms with Crippen molar-refractivity contribution in [1.82, 2.24) is 19.2 Å². The zero-order valence-electron chi connectivity index (χ0n) is 17.4. The molecule has 31 heavy (non-hydrogen) atoms. The van der Waals surface area contributed by atoms with Gasteiger partial charge in [0.2, 0.25) is 5.91 Å². The SMILES string of the molecule is Cc1ccn2c(NC(=O)C(C)n3nc(C4CC4)ccc3=O)c(-c3ccccc3)nc2c1. The number of fused-ring (bicyclic) bond motifs is 1. The lowest BCUT2D eigenvalue weighted by molar-refractivity contribution is -0.119. The highest BCUT2D eigenvalue weighted by molar-refractivity contribution is 5.96. The predicted molar refractivity (Wildman–Crippen MR) is 119 cm³/mol. The van der Waals surface area contributed by atoms with Gasteiger partial charge in [-0.25, -0.2) is 9.67 Å². The van der Waals surface area contributed by atoms with Crippen molar-refractivity contribution in [2.24, 2.45) is 0 Å². The third-order valence-corrected chi connectivity index (χ3v) is 5.66. The number of aryl methyl sites for hydroxylation is 1. The van der Waals surface area contributed by atoms with Crippen LogP contribution in [0.5, 0.6) is 0 Å². The van der Waals surface area contributed by atoms with E-state index in [1.54, 1.807) is 13.0 Å². The van der Waals surface area contributed by atoms with Gasteiger partial charge >= 0.3 is 0 Å². The van der Waals surface area contributed by atoms with E-state index in [0.717, 1.165) is 35.3 Å². The molecule has 1 saturated carbocycles. The monoisotopic (exact) mass is 413 g/mol. The molecule has 1 atom stereocenters. The molecule has 0 saturated heterocycles. The Kier molecular flexibility index (Phi) is 4.66. The zero-order valence-corrected chi connectivity index (χ0v) is 17.4. The van der Waals surface area contributed by atoms with Crippen LogP contribution in [0.15, 0.2) is 65.6 Å². The molecule has 1 amide bonds. The summed E-state index contributed by atoms with van der Waals surface area (Å²) in [6, 6.07) is 16.2. The maximum absolute atomic E-state index is 13.2. The number of carbonyl (C=O) groups is 1. The summed E-state index contributed by atoms with van der Waals surface area (Å²) in [6.07, 6.45) is 4.05. The van der Waals surface area contributed by atoms with E-state index < -0.39 is 6.04 Å². The van der Waals surface area contributed by atoms with Crippen LogP contribution in [0.25, 0.3) is 16.9 Å². The second-order valence-electron chi connectivity index (χ2n) is 8.09. The summed E-state index contributed by atoms with van der Waals surface area (Å²) in [5.41, 5.74) is 3.99. The second-order valence-corrected chi connectivity index (χ2v) is 8.09. The maximum atomic E-state index is 13.2. The van der Waals surface area contributed by atoms with Crippen LogP contribution in [-0.4, -0.2) is 25.1 Å². The fourth-order valence-electron chi connectivity index (χ4n) is 3.71. The first kappa shape index (κ1) is 19.2. The lowest BCUT2D eigenvalue weighted by Crippen LogP contribution is -2.33. The van der Waals surface area contributed by atoms with Gasteiger partial charge in [0, 0.05) is 23.7 Å². The molecular formula is C24H23N5O2. The van der Waals surface area contributed by atoms with Crippen molar-refractivity contribution in [1.29, 1.82) is 0 Å². The van der Waals surface area contributed by atoms with Gasteiger partial charge < -0.3 is 5.32 Å². The highest BCUT2D eigenvalue weighted by Crippen LogP contribution is 2.38. The average Bonchev–Trinajstić information content (AvgIpc) is 3.57. The number of hydrogen-bond donors (Lipinski definition) is 1. The minimum atomic E-state index is -0.758. The van der Waals surface area contributed by atoms with Gasteiger partial charge in [0.15, 0.2) is 0 Å². The molecule has 1 aromatic carbocycles. The van der Waals surface area contributed by atoms with Crippen LogP contribution in [0, 0.1) is 6.92 Å². The van der Waals surface area contributed by atoms with Crippen LogP contribution in [-0.2, 0) is 4.79 Å². The summed E-state index contributed by atoms with van der Waals surface area (Å²) < 4.78 is 3.13. The molecular weight excluding hydrogens is 390 g/mol. The van der Waals surface area contributed by atoms with E-state index in [-0.39, 0.29) is 11.5 Å². The number of benzene rings is 1. The van der Waals surface area contributed by atoms with E-state index >= 15 is 0 Å². The number of pyridine rings is 1. The Morgan fingerprint density at radius 1 is 1.13 bits per heavy atom. The van der Waals surface area contributed by atoms with Gasteiger partial charge in [0.1, 0.15) is 23.2 Å². The lowest BCUT2D eigenvalue weighted by atomic mass is 10.1. The fraction of sp³-hybridized carbons (Fsp3) is 0.250. The molecule has 1 N–H and O–H groups in total. The summed E-state index contributed by atoms with van der Waals surface area (Å²) in [5, 5.41) is 7.46. The Hall–Kier alpha value is -3.74. The molecule has 1 aliphatic rings. The van der Waals surface area contributed by atoms with Gasteiger partial charge in [0.05, 0.1) is 5.69 Å². The number of hydrogen-bond acceptors (Lipinski definition) is 4. The highest BCUT2D eigenvalue weighted by Gasteiger charge is 2.27. The molecule has 1 fully saturated rings. The smallest absolute Gasteiger partial charge is 0.267 e. The Labute approximate surface area is 179 Å². The van der Waals surface area contributed by atoms with Crippen molar-refractivity contribution >= 4 is 17.4 Å². The number of carbonyl (C=O) groups excluding carboxylic acids is 1. The van der Waals surface area contributed by atoms with Crippen LogP contribution in [0.4, 0.5) is 5.82 Å². The summed E-state index contributed by atoms with van der Waals surface area (Å²) >= 11 is 0. The molecule has 1 aliphatic carbocycles. The molecule has 0 radical (unpaired) electrons. The third-order valence-electron chi connectivity index (χ3n) is 5.66. The first-order chi connectivity index (χ1) is 15.0. The Morgan fingerprint density at radius 3 is 2.65 bits per heavy atom. The van der Waals surface area contributed by atoms with E-state index in [9.17, 15) is 9.59 Å². The van der Waals surface area contributed by atoms with Crippen molar-refractivity contribution in [2.45, 2.75) is 38.6 Å². The summed E-state index contributed by atoms with van der Waals surface area (Å²) in [6.45, 7) is 3.69. The number of nitrogens with zero attached hydrogens (tertiary/aromatic N) is 4. The predicted octanol–water partition coefficient (Wildman–Crippen LogP) is 3.94. The van der Waals surface area contributed by atoms with Gasteiger partial charge in [-0.2, -0.15) is 5.10 Å². The Morgan fingerprint density at radius 2 is 1.90 bits per heavy atom. The zero-order chi connectivity index (χ0) is 21.5. The minimum absolute atomic E-state index is 0.288. The van der Waals surface area contributed by atoms with E-state index in [0.29, 0.717) is 17.4 Å². The van der Waals surface area contributed by atoms with Crippen molar-refractivity contribution in [3.05, 3.63) is 82.4 Å². The van der Waals surface area contributed by atoms with E-state index in [4.69, 9.17) is 4.98 Å². The van der Waals surface area contributed by atoms with Gasteiger partial charge in [-0.05, 0) is 50.5 Å². The molecule has 4 aromatic rings. The van der Waals surface area contributed by atoms with E-state index in [1.165, 1.54) is 10.7 Å². The van der Waals surface area contributed by atoms with Gasteiger partial charge in [0.25, 0.3) is 5.56 Å². The van der Waals surface area contributed by atoms with E-state index in [1.807, 2.05) is 60.0 Å². The highest BCUT2D eigenvalue weighted by atomic mass is 16.2. The number of aromatic nitrogens is 4. The van der Waals surface area contributed by atoms with Crippen LogP contribution in [0.3, 0.4) is 0 Å². The molecule has 0 aliphatic heterocycles. The molecule has 3 heterocycles. The van der Waals surface area contributed by atoms with Crippen molar-refractivity contribution < 1.29 is 4.79 Å². The van der Waals surface area contributed by atoms with Gasteiger partial charge in [-0.1, -0.05) is 30.3 Å². The lowest BCUT2D eigenvalue weighted by Gasteiger charge is -2.15. The number of rotatable bonds is 5. The average molecular weight is 413 g/mol. The second kappa shape index (κ2) is 7.50. The van der Waals surface area contributed by atoms with Gasteiger partial charge in [-0.3, -0.25) is 14.0 Å². The van der Waals surface area contributed by atoms with Crippen molar-refractivity contribution in [2.75, 3.05) is 5.32 Å². The molecule has 7 nitrogen and oxygen atoms in total. The summed E-state index contributed by atoms with van der Waals surface area (Å²) in [4.78, 5) is 30.4. The number of imidazole rings is 1. The third kappa shape index (κ3) is 3.63. The summed E-state index contributed by atoms with van der Waals surface area (Å²) in [7, 11) is 0. The molecule has 7 heteroatoms. The number of amides is 1. The standard InChI is InChI=1S/C24H23N5O2/c1-15-12-13-28-20(14-15)25-22(18-6-4-3-5-7-18)23(28)26-24(31)16(2)29-21(30)11-10-19(27-29)17-8-9-17/h3-7,10-14,16-17H,8-9H2,1-2H3,(H,26,31). The van der Waals surface area contributed by atoms with E-state index in [2.05, 4.69) is 10.4 Å². The minimum Gasteiger partial charge on any atom is -0.308 e. The molecule has 5 rings (SSSR count). The largest absolute Gasteiger partial charge is 0.308 e. The summed E-state index contributed by atoms with van der Waals surface area (Å²) in [5.74, 6) is 0.653. The molecule has 0 bridgehead atoms. The quantitative estimate of drug-likeness (QED) is 0.537. The molecule has 1 unspecified atom stereocenters. The van der Waals surface area contributed by atoms with Crippen LogP contribution in [0.2, 0.25) is 0 Å². The molecule has 0 spiro atoms. The Bertz CT molecular complexity index is 1340. The van der Waals surface area contributed by atoms with Crippen molar-refractivity contribution in [3.63, 3.8) is 0 Å². The number of anilines is 1. The first-order valence-corrected chi connectivity index (χ1v) is 10.5. The number of nitrogens with one attached hydrogen (secondary N) is 1. The topological polar surface area (TPSA) is 81.3 Å². The van der Waals surface area contributed by atoms with Crippen molar-refractivity contribution in [3.8, 4) is 11.3 Å². The van der Waals surface area contributed by atoms with Gasteiger partial charge in [-0.15, -0.1) is 0 Å². The normalized spacial score (nSPS) is 14.5. The fourth-order valence-corrected chi connectivity index (χ4v) is 3.71.